The molecule has 3 aromatic carbocycles. The van der Waals surface area contributed by atoms with Gasteiger partial charge in [0.1, 0.15) is 4.83 Å². The number of aromatic nitrogens is 2. The fraction of sp³-hybridized carbons (Fsp3) is 0.111. The number of hydrogen-bond donors (Lipinski definition) is 1. The van der Waals surface area contributed by atoms with E-state index in [1.54, 1.807) is 0 Å². The van der Waals surface area contributed by atoms with Crippen LogP contribution in [-0.4, -0.2) is 9.08 Å². The minimum Gasteiger partial charge on any atom is -0.339 e. The minimum absolute atomic E-state index is 0.0839. The third-order valence-corrected chi connectivity index (χ3v) is 8.42. The molecule has 0 aliphatic heterocycles. The third-order valence-electron chi connectivity index (χ3n) is 7.52. The lowest BCUT2D eigenvalue weighted by atomic mass is 9.85. The summed E-state index contributed by atoms with van der Waals surface area (Å²) in [6.45, 7) is 4.73. The lowest BCUT2D eigenvalue weighted by Gasteiger charge is -2.22. The Hall–Kier alpha value is -3.50. The van der Waals surface area contributed by atoms with Crippen LogP contribution in [0.4, 0.5) is 0 Å². The van der Waals surface area contributed by atoms with E-state index in [4.69, 9.17) is 5.84 Å². The first-order chi connectivity index (χ1) is 15.1. The van der Waals surface area contributed by atoms with Crippen molar-refractivity contribution >= 4 is 59.6 Å². The van der Waals surface area contributed by atoms with Gasteiger partial charge in [0.25, 0.3) is 0 Å². The van der Waals surface area contributed by atoms with Crippen molar-refractivity contribution in [1.29, 1.82) is 0 Å². The van der Waals surface area contributed by atoms with Gasteiger partial charge in [-0.15, -0.1) is 11.3 Å². The second-order valence-corrected chi connectivity index (χ2v) is 10.2. The zero-order chi connectivity index (χ0) is 20.6. The van der Waals surface area contributed by atoms with Crippen LogP contribution in [0.5, 0.6) is 0 Å². The lowest BCUT2D eigenvalue weighted by molar-refractivity contribution is 0.634. The van der Waals surface area contributed by atoms with Crippen LogP contribution < -0.4 is 5.84 Å². The number of benzene rings is 3. The van der Waals surface area contributed by atoms with Gasteiger partial charge in [0.05, 0.1) is 16.6 Å². The quantitative estimate of drug-likeness (QED) is 0.268. The Labute approximate surface area is 182 Å². The molecule has 4 heteroatoms. The Balaban J connectivity index is 1.83. The molecule has 8 rings (SSSR count). The monoisotopic (exact) mass is 417 g/mol. The van der Waals surface area contributed by atoms with Gasteiger partial charge in [-0.1, -0.05) is 50.2 Å². The Kier molecular flexibility index (Phi) is 2.55. The normalized spacial score (nSPS) is 15.2. The summed E-state index contributed by atoms with van der Waals surface area (Å²) < 4.78 is 4.43. The van der Waals surface area contributed by atoms with Crippen molar-refractivity contribution in [3.05, 3.63) is 77.3 Å². The van der Waals surface area contributed by atoms with Crippen molar-refractivity contribution in [2.24, 2.45) is 0 Å². The largest absolute Gasteiger partial charge is 0.339 e. The predicted octanol–water partition coefficient (Wildman–Crippen LogP) is 6.87. The van der Waals surface area contributed by atoms with Gasteiger partial charge in [0.15, 0.2) is 0 Å². The van der Waals surface area contributed by atoms with Gasteiger partial charge in [-0.05, 0) is 46.2 Å². The molecule has 0 atom stereocenters. The molecule has 0 fully saturated rings. The smallest absolute Gasteiger partial charge is 0.108 e. The minimum atomic E-state index is -0.0839. The fourth-order valence-electron chi connectivity index (χ4n) is 6.29. The zero-order valence-electron chi connectivity index (χ0n) is 17.2. The van der Waals surface area contributed by atoms with Crippen molar-refractivity contribution in [3.63, 3.8) is 0 Å². The predicted molar refractivity (Wildman–Crippen MR) is 132 cm³/mol. The van der Waals surface area contributed by atoms with Crippen molar-refractivity contribution in [3.8, 4) is 11.1 Å². The highest BCUT2D eigenvalue weighted by Gasteiger charge is 2.41. The summed E-state index contributed by atoms with van der Waals surface area (Å²) in [6, 6.07) is 22.2. The molecule has 31 heavy (non-hydrogen) atoms. The van der Waals surface area contributed by atoms with E-state index in [2.05, 4.69) is 84.3 Å². The van der Waals surface area contributed by atoms with Gasteiger partial charge in [-0.3, -0.25) is 4.68 Å². The number of fused-ring (bicyclic) bond motifs is 8. The van der Waals surface area contributed by atoms with Gasteiger partial charge in [-0.2, -0.15) is 0 Å². The first-order valence-corrected chi connectivity index (χ1v) is 11.5. The van der Waals surface area contributed by atoms with Crippen molar-refractivity contribution in [2.75, 3.05) is 5.84 Å². The molecule has 0 radical (unpaired) electrons. The van der Waals surface area contributed by atoms with Crippen LogP contribution in [0.3, 0.4) is 0 Å². The molecular weight excluding hydrogens is 398 g/mol. The molecule has 4 aromatic heterocycles. The van der Waals surface area contributed by atoms with Crippen LogP contribution in [-0.2, 0) is 5.41 Å². The van der Waals surface area contributed by atoms with Crippen LogP contribution in [0, 0.1) is 0 Å². The molecule has 7 aromatic rings. The maximum atomic E-state index is 6.64. The number of thiophene rings is 1. The Morgan fingerprint density at radius 3 is 2.55 bits per heavy atom. The van der Waals surface area contributed by atoms with Crippen LogP contribution in [0.15, 0.2) is 66.0 Å². The first-order valence-electron chi connectivity index (χ1n) is 10.7. The molecule has 1 aliphatic rings. The molecule has 3 nitrogen and oxygen atoms in total. The highest BCUT2D eigenvalue weighted by Crippen LogP contribution is 2.55. The summed E-state index contributed by atoms with van der Waals surface area (Å²) in [5, 5.41) is 8.67. The van der Waals surface area contributed by atoms with Crippen molar-refractivity contribution < 1.29 is 0 Å². The standard InChI is InChI=1S/C27H19N3S/c1-27(2)18-8-4-3-6-16(18)21-17-10-11-20-23-22-14(7-5-9-19(22)30(20)28)15-12-13-31-26(15)29(24(17)23)25(21)27/h3-13H,28H2,1-2H3. The van der Waals surface area contributed by atoms with Gasteiger partial charge >= 0.3 is 0 Å². The van der Waals surface area contributed by atoms with E-state index in [0.717, 1.165) is 11.0 Å². The molecule has 0 unspecified atom stereocenters. The highest BCUT2D eigenvalue weighted by atomic mass is 32.1. The molecule has 0 spiro atoms. The Morgan fingerprint density at radius 1 is 0.806 bits per heavy atom. The van der Waals surface area contributed by atoms with Gasteiger partial charge in [-0.25, -0.2) is 0 Å². The van der Waals surface area contributed by atoms with E-state index < -0.39 is 0 Å². The van der Waals surface area contributed by atoms with Crippen LogP contribution in [0.2, 0.25) is 0 Å². The van der Waals surface area contributed by atoms with E-state index in [9.17, 15) is 0 Å². The highest BCUT2D eigenvalue weighted by molar-refractivity contribution is 7.17. The summed E-state index contributed by atoms with van der Waals surface area (Å²) in [4.78, 5) is 1.31. The first kappa shape index (κ1) is 16.2. The van der Waals surface area contributed by atoms with Crippen LogP contribution >= 0.6 is 11.3 Å². The van der Waals surface area contributed by atoms with Gasteiger partial charge in [0, 0.05) is 38.2 Å². The van der Waals surface area contributed by atoms with Crippen molar-refractivity contribution in [2.45, 2.75) is 19.3 Å². The summed E-state index contributed by atoms with van der Waals surface area (Å²) in [6.07, 6.45) is 0. The van der Waals surface area contributed by atoms with Crippen LogP contribution in [0.1, 0.15) is 25.1 Å². The lowest BCUT2D eigenvalue weighted by Crippen LogP contribution is -2.17. The summed E-state index contributed by atoms with van der Waals surface area (Å²) in [7, 11) is 0. The second kappa shape index (κ2) is 4.87. The number of nitrogen functional groups attached to an aromatic ring is 1. The SMILES string of the molecule is CC1(C)c2ccccc2-c2c1n1c3sccc3c3cccc4c3c3c(ccc2c31)n4N. The summed E-state index contributed by atoms with van der Waals surface area (Å²) in [5.74, 6) is 6.64. The number of nitrogens with two attached hydrogens (primary N) is 1. The number of nitrogens with zero attached hydrogens (tertiary/aromatic N) is 2. The number of hydrogen-bond acceptors (Lipinski definition) is 2. The summed E-state index contributed by atoms with van der Waals surface area (Å²) >= 11 is 1.83. The molecule has 2 N–H and O–H groups in total. The maximum absolute atomic E-state index is 6.64. The van der Waals surface area contributed by atoms with E-state index in [0.29, 0.717) is 0 Å². The molecular formula is C27H19N3S. The topological polar surface area (TPSA) is 35.4 Å². The van der Waals surface area contributed by atoms with E-state index in [1.165, 1.54) is 59.7 Å². The van der Waals surface area contributed by atoms with E-state index >= 15 is 0 Å². The molecule has 148 valence electrons. The van der Waals surface area contributed by atoms with Gasteiger partial charge in [0.2, 0.25) is 0 Å². The van der Waals surface area contributed by atoms with Crippen LogP contribution in [0.25, 0.3) is 59.4 Å². The molecule has 0 amide bonds. The second-order valence-electron chi connectivity index (χ2n) is 9.29. The Morgan fingerprint density at radius 2 is 1.65 bits per heavy atom. The molecule has 1 aliphatic carbocycles. The average molecular weight is 418 g/mol. The van der Waals surface area contributed by atoms with E-state index in [1.807, 2.05) is 16.0 Å². The van der Waals surface area contributed by atoms with Gasteiger partial charge < -0.3 is 10.2 Å². The molecule has 0 saturated heterocycles. The molecule has 0 bridgehead atoms. The zero-order valence-corrected chi connectivity index (χ0v) is 18.0. The average Bonchev–Trinajstić information content (AvgIpc) is 3.49. The number of rotatable bonds is 0. The van der Waals surface area contributed by atoms with E-state index in [-0.39, 0.29) is 5.41 Å². The fourth-order valence-corrected chi connectivity index (χ4v) is 7.22. The summed E-state index contributed by atoms with van der Waals surface area (Å²) in [5.41, 5.74) is 8.94. The molecule has 0 saturated carbocycles. The maximum Gasteiger partial charge on any atom is 0.108 e. The third kappa shape index (κ3) is 1.57. The Bertz CT molecular complexity index is 1880. The molecule has 4 heterocycles. The van der Waals surface area contributed by atoms with Crippen molar-refractivity contribution in [1.82, 2.24) is 9.08 Å².